The molecular weight excluding hydrogens is 306 g/mol. The third-order valence-corrected chi connectivity index (χ3v) is 4.20. The molecule has 6 heteroatoms. The first-order chi connectivity index (χ1) is 11.4. The van der Waals surface area contributed by atoms with Gasteiger partial charge in [0, 0.05) is 37.2 Å². The van der Waals surface area contributed by atoms with Gasteiger partial charge in [-0.2, -0.15) is 0 Å². The third-order valence-electron chi connectivity index (χ3n) is 4.20. The fraction of sp³-hybridized carbons (Fsp3) is 0.389. The molecule has 0 radical (unpaired) electrons. The number of amides is 2. The van der Waals surface area contributed by atoms with Gasteiger partial charge in [0.05, 0.1) is 12.1 Å². The summed E-state index contributed by atoms with van der Waals surface area (Å²) in [6.45, 7) is 4.57. The number of oxazole rings is 1. The Hall–Kier alpha value is -2.63. The van der Waals surface area contributed by atoms with Gasteiger partial charge in [0.15, 0.2) is 0 Å². The lowest BCUT2D eigenvalue weighted by molar-refractivity contribution is -0.127. The lowest BCUT2D eigenvalue weighted by atomic mass is 10.1. The van der Waals surface area contributed by atoms with Gasteiger partial charge in [0.25, 0.3) is 0 Å². The second-order valence-corrected chi connectivity index (χ2v) is 6.46. The van der Waals surface area contributed by atoms with E-state index in [1.165, 1.54) is 0 Å². The summed E-state index contributed by atoms with van der Waals surface area (Å²) in [7, 11) is 1.71. The second-order valence-electron chi connectivity index (χ2n) is 6.46. The van der Waals surface area contributed by atoms with Crippen molar-refractivity contribution in [3.63, 3.8) is 0 Å². The zero-order chi connectivity index (χ0) is 17.3. The topological polar surface area (TPSA) is 75.4 Å². The van der Waals surface area contributed by atoms with E-state index in [9.17, 15) is 9.59 Å². The van der Waals surface area contributed by atoms with Gasteiger partial charge in [-0.1, -0.05) is 13.8 Å². The summed E-state index contributed by atoms with van der Waals surface area (Å²) in [5.74, 6) is 1.30. The Morgan fingerprint density at radius 1 is 1.33 bits per heavy atom. The van der Waals surface area contributed by atoms with E-state index in [0.29, 0.717) is 18.1 Å². The Labute approximate surface area is 140 Å². The molecule has 2 aromatic rings. The Morgan fingerprint density at radius 2 is 2.04 bits per heavy atom. The fourth-order valence-electron chi connectivity index (χ4n) is 2.67. The lowest BCUT2D eigenvalue weighted by Gasteiger charge is -2.11. The SMILES string of the molecule is CC(C)c1cnc(-c2ccc(NC(=O)[C@H]3CC(=O)N(C)C3)cc2)o1. The minimum absolute atomic E-state index is 0.00958. The van der Waals surface area contributed by atoms with E-state index < -0.39 is 0 Å². The molecule has 126 valence electrons. The van der Waals surface area contributed by atoms with Crippen LogP contribution in [0.1, 0.15) is 31.9 Å². The van der Waals surface area contributed by atoms with Gasteiger partial charge in [0.2, 0.25) is 17.7 Å². The van der Waals surface area contributed by atoms with E-state index in [4.69, 9.17) is 4.42 Å². The van der Waals surface area contributed by atoms with Crippen LogP contribution in [-0.2, 0) is 9.59 Å². The molecule has 1 aromatic carbocycles. The van der Waals surface area contributed by atoms with Crippen molar-refractivity contribution in [3.8, 4) is 11.5 Å². The molecular formula is C18H21N3O3. The summed E-state index contributed by atoms with van der Waals surface area (Å²) in [5, 5.41) is 2.86. The van der Waals surface area contributed by atoms with Gasteiger partial charge in [-0.05, 0) is 24.3 Å². The molecule has 0 bridgehead atoms. The molecule has 2 amide bonds. The molecule has 0 saturated carbocycles. The van der Waals surface area contributed by atoms with Crippen LogP contribution in [0.25, 0.3) is 11.5 Å². The predicted octanol–water partition coefficient (Wildman–Crippen LogP) is 2.88. The van der Waals surface area contributed by atoms with Crippen LogP contribution in [-0.4, -0.2) is 35.3 Å². The van der Waals surface area contributed by atoms with Crippen molar-refractivity contribution in [1.82, 2.24) is 9.88 Å². The first-order valence-corrected chi connectivity index (χ1v) is 8.05. The maximum absolute atomic E-state index is 12.2. The Morgan fingerprint density at radius 3 is 2.58 bits per heavy atom. The number of nitrogens with zero attached hydrogens (tertiary/aromatic N) is 2. The fourth-order valence-corrected chi connectivity index (χ4v) is 2.67. The first kappa shape index (κ1) is 16.2. The van der Waals surface area contributed by atoms with Gasteiger partial charge in [-0.3, -0.25) is 9.59 Å². The number of aromatic nitrogens is 1. The van der Waals surface area contributed by atoms with Crippen LogP contribution in [0.2, 0.25) is 0 Å². The van der Waals surface area contributed by atoms with Gasteiger partial charge in [0.1, 0.15) is 5.76 Å². The number of benzene rings is 1. The molecule has 1 saturated heterocycles. The highest BCUT2D eigenvalue weighted by Gasteiger charge is 2.32. The van der Waals surface area contributed by atoms with Crippen LogP contribution in [0.15, 0.2) is 34.9 Å². The van der Waals surface area contributed by atoms with Crippen LogP contribution < -0.4 is 5.32 Å². The van der Waals surface area contributed by atoms with Crippen molar-refractivity contribution in [1.29, 1.82) is 0 Å². The largest absolute Gasteiger partial charge is 0.441 e. The van der Waals surface area contributed by atoms with Crippen molar-refractivity contribution in [2.75, 3.05) is 18.9 Å². The van der Waals surface area contributed by atoms with Crippen LogP contribution in [0.4, 0.5) is 5.69 Å². The molecule has 3 rings (SSSR count). The minimum atomic E-state index is -0.289. The molecule has 1 atom stereocenters. The second kappa shape index (κ2) is 6.47. The summed E-state index contributed by atoms with van der Waals surface area (Å²) in [6.07, 6.45) is 2.01. The number of hydrogen-bond acceptors (Lipinski definition) is 4. The van der Waals surface area contributed by atoms with Crippen LogP contribution in [0.5, 0.6) is 0 Å². The van der Waals surface area contributed by atoms with E-state index in [0.717, 1.165) is 11.3 Å². The van der Waals surface area contributed by atoms with E-state index in [-0.39, 0.29) is 30.1 Å². The minimum Gasteiger partial charge on any atom is -0.441 e. The Bertz CT molecular complexity index is 749. The molecule has 0 aliphatic carbocycles. The average Bonchev–Trinajstić information content (AvgIpc) is 3.16. The van der Waals surface area contributed by atoms with Gasteiger partial charge in [-0.15, -0.1) is 0 Å². The highest BCUT2D eigenvalue weighted by molar-refractivity contribution is 5.97. The first-order valence-electron chi connectivity index (χ1n) is 8.05. The molecule has 6 nitrogen and oxygen atoms in total. The Balaban J connectivity index is 1.66. The Kier molecular flexibility index (Phi) is 4.38. The van der Waals surface area contributed by atoms with Crippen LogP contribution >= 0.6 is 0 Å². The number of carbonyl (C=O) groups excluding carboxylic acids is 2. The molecule has 24 heavy (non-hydrogen) atoms. The van der Waals surface area contributed by atoms with Crippen LogP contribution in [0, 0.1) is 5.92 Å². The summed E-state index contributed by atoms with van der Waals surface area (Å²) in [6, 6.07) is 7.34. The van der Waals surface area contributed by atoms with E-state index in [2.05, 4.69) is 10.3 Å². The number of hydrogen-bond donors (Lipinski definition) is 1. The normalized spacial score (nSPS) is 17.6. The number of nitrogens with one attached hydrogen (secondary N) is 1. The number of likely N-dealkylation sites (tertiary alicyclic amines) is 1. The van der Waals surface area contributed by atoms with Crippen molar-refractivity contribution < 1.29 is 14.0 Å². The predicted molar refractivity (Wildman–Crippen MR) is 90.4 cm³/mol. The molecule has 1 aliphatic heterocycles. The van der Waals surface area contributed by atoms with Crippen molar-refractivity contribution >= 4 is 17.5 Å². The summed E-state index contributed by atoms with van der Waals surface area (Å²) in [4.78, 5) is 29.6. The highest BCUT2D eigenvalue weighted by atomic mass is 16.4. The van der Waals surface area contributed by atoms with E-state index in [1.807, 2.05) is 38.1 Å². The zero-order valence-corrected chi connectivity index (χ0v) is 14.1. The van der Waals surface area contributed by atoms with Crippen molar-refractivity contribution in [2.24, 2.45) is 5.92 Å². The summed E-state index contributed by atoms with van der Waals surface area (Å²) < 4.78 is 5.72. The lowest BCUT2D eigenvalue weighted by Crippen LogP contribution is -2.25. The molecule has 2 heterocycles. The molecule has 1 aromatic heterocycles. The maximum atomic E-state index is 12.2. The zero-order valence-electron chi connectivity index (χ0n) is 14.1. The third kappa shape index (κ3) is 3.32. The molecule has 1 N–H and O–H groups in total. The van der Waals surface area contributed by atoms with Gasteiger partial charge < -0.3 is 14.6 Å². The van der Waals surface area contributed by atoms with Crippen LogP contribution in [0.3, 0.4) is 0 Å². The molecule has 0 spiro atoms. The number of rotatable bonds is 4. The molecule has 1 aliphatic rings. The summed E-state index contributed by atoms with van der Waals surface area (Å²) >= 11 is 0. The van der Waals surface area contributed by atoms with Gasteiger partial charge in [-0.25, -0.2) is 4.98 Å². The quantitative estimate of drug-likeness (QED) is 0.937. The molecule has 1 fully saturated rings. The standard InChI is InChI=1S/C18H21N3O3/c1-11(2)15-9-19-18(24-15)12-4-6-14(7-5-12)20-17(23)13-8-16(22)21(3)10-13/h4-7,9,11,13H,8,10H2,1-3H3,(H,20,23)/t13-/m0/s1. The highest BCUT2D eigenvalue weighted by Crippen LogP contribution is 2.25. The van der Waals surface area contributed by atoms with Gasteiger partial charge >= 0.3 is 0 Å². The monoisotopic (exact) mass is 327 g/mol. The molecule has 0 unspecified atom stereocenters. The maximum Gasteiger partial charge on any atom is 0.229 e. The van der Waals surface area contributed by atoms with Crippen molar-refractivity contribution in [2.45, 2.75) is 26.2 Å². The smallest absolute Gasteiger partial charge is 0.229 e. The van der Waals surface area contributed by atoms with E-state index >= 15 is 0 Å². The number of anilines is 1. The average molecular weight is 327 g/mol. The summed E-state index contributed by atoms with van der Waals surface area (Å²) in [5.41, 5.74) is 1.55. The van der Waals surface area contributed by atoms with E-state index in [1.54, 1.807) is 18.1 Å². The van der Waals surface area contributed by atoms with Crippen molar-refractivity contribution in [3.05, 3.63) is 36.2 Å². The number of carbonyl (C=O) groups is 2.